The van der Waals surface area contributed by atoms with Gasteiger partial charge in [-0.15, -0.1) is 11.3 Å². The van der Waals surface area contributed by atoms with Crippen molar-refractivity contribution in [3.63, 3.8) is 0 Å². The van der Waals surface area contributed by atoms with Crippen LogP contribution in [0, 0.1) is 5.41 Å². The van der Waals surface area contributed by atoms with Gasteiger partial charge in [0.05, 0.1) is 16.9 Å². The van der Waals surface area contributed by atoms with Gasteiger partial charge in [-0.05, 0) is 56.7 Å². The Balaban J connectivity index is 1.89. The number of hydrogen-bond donors (Lipinski definition) is 2. The van der Waals surface area contributed by atoms with Gasteiger partial charge < -0.3 is 5.32 Å². The van der Waals surface area contributed by atoms with Gasteiger partial charge in [-0.1, -0.05) is 6.07 Å². The van der Waals surface area contributed by atoms with E-state index in [0.717, 1.165) is 21.5 Å². The highest BCUT2D eigenvalue weighted by Gasteiger charge is 2.50. The molecule has 2 heterocycles. The van der Waals surface area contributed by atoms with Gasteiger partial charge in [0.1, 0.15) is 10.6 Å². The second kappa shape index (κ2) is 5.95. The van der Waals surface area contributed by atoms with Crippen LogP contribution in [0.2, 0.25) is 0 Å². The summed E-state index contributed by atoms with van der Waals surface area (Å²) in [5.74, 6) is -0.308. The molecule has 3 aromatic rings. The number of hydrogen-bond acceptors (Lipinski definition) is 4. The van der Waals surface area contributed by atoms with Crippen LogP contribution in [0.25, 0.3) is 20.2 Å². The summed E-state index contributed by atoms with van der Waals surface area (Å²) in [6, 6.07) is 8.98. The zero-order valence-electron chi connectivity index (χ0n) is 15.9. The SMILES string of the molecule is CC1(C)C(=N)N[C@](C)(c2ccc3sc4ccc(C(F)(F)F)cc4c3c2)CS1(=O)=O. The van der Waals surface area contributed by atoms with E-state index in [1.165, 1.54) is 31.3 Å². The van der Waals surface area contributed by atoms with E-state index in [-0.39, 0.29) is 11.6 Å². The maximum atomic E-state index is 13.2. The fourth-order valence-corrected chi connectivity index (χ4v) is 6.42. The third-order valence-corrected chi connectivity index (χ3v) is 9.56. The van der Waals surface area contributed by atoms with E-state index in [1.54, 1.807) is 25.1 Å². The number of thiophene rings is 1. The second-order valence-electron chi connectivity index (χ2n) is 8.12. The van der Waals surface area contributed by atoms with Crippen LogP contribution in [0.1, 0.15) is 31.9 Å². The molecule has 1 atom stereocenters. The molecule has 1 aliphatic heterocycles. The van der Waals surface area contributed by atoms with Crippen molar-refractivity contribution < 1.29 is 21.6 Å². The lowest BCUT2D eigenvalue weighted by Gasteiger charge is -2.43. The van der Waals surface area contributed by atoms with E-state index >= 15 is 0 Å². The molecule has 0 amide bonds. The number of sulfone groups is 1. The Morgan fingerprint density at radius 2 is 1.62 bits per heavy atom. The van der Waals surface area contributed by atoms with Crippen molar-refractivity contribution in [3.05, 3.63) is 47.5 Å². The molecule has 29 heavy (non-hydrogen) atoms. The molecule has 0 bridgehead atoms. The summed E-state index contributed by atoms with van der Waals surface area (Å²) in [5, 5.41) is 12.4. The Morgan fingerprint density at radius 3 is 2.21 bits per heavy atom. The summed E-state index contributed by atoms with van der Waals surface area (Å²) in [4.78, 5) is 0. The fourth-order valence-electron chi connectivity index (χ4n) is 3.63. The molecule has 4 nitrogen and oxygen atoms in total. The molecule has 0 spiro atoms. The average Bonchev–Trinajstić information content (AvgIpc) is 2.96. The van der Waals surface area contributed by atoms with Gasteiger partial charge in [-0.3, -0.25) is 5.41 Å². The van der Waals surface area contributed by atoms with Crippen molar-refractivity contribution >= 4 is 47.2 Å². The molecular formula is C20H19F3N2O2S2. The van der Waals surface area contributed by atoms with Crippen LogP contribution < -0.4 is 5.32 Å². The lowest BCUT2D eigenvalue weighted by atomic mass is 9.91. The summed E-state index contributed by atoms with van der Waals surface area (Å²) < 4.78 is 65.3. The van der Waals surface area contributed by atoms with Crippen LogP contribution in [0.5, 0.6) is 0 Å². The van der Waals surface area contributed by atoms with Crippen LogP contribution in [0.4, 0.5) is 13.2 Å². The summed E-state index contributed by atoms with van der Waals surface area (Å²) in [7, 11) is -3.61. The minimum atomic E-state index is -4.44. The van der Waals surface area contributed by atoms with E-state index in [0.29, 0.717) is 16.3 Å². The van der Waals surface area contributed by atoms with Crippen LogP contribution in [0.3, 0.4) is 0 Å². The lowest BCUT2D eigenvalue weighted by molar-refractivity contribution is -0.137. The Kier molecular flexibility index (Phi) is 4.13. The first-order valence-electron chi connectivity index (χ1n) is 8.88. The van der Waals surface area contributed by atoms with Gasteiger partial charge in [-0.2, -0.15) is 13.2 Å². The number of rotatable bonds is 1. The Morgan fingerprint density at radius 1 is 1.03 bits per heavy atom. The molecule has 154 valence electrons. The van der Waals surface area contributed by atoms with Crippen LogP contribution in [-0.4, -0.2) is 24.8 Å². The van der Waals surface area contributed by atoms with Crippen molar-refractivity contribution in [3.8, 4) is 0 Å². The molecule has 1 saturated heterocycles. The van der Waals surface area contributed by atoms with Gasteiger partial charge >= 0.3 is 6.18 Å². The number of amidine groups is 1. The topological polar surface area (TPSA) is 70.0 Å². The normalized spacial score (nSPS) is 24.0. The largest absolute Gasteiger partial charge is 0.416 e. The minimum Gasteiger partial charge on any atom is -0.362 e. The summed E-state index contributed by atoms with van der Waals surface area (Å²) >= 11 is 1.39. The van der Waals surface area contributed by atoms with Crippen LogP contribution in [0.15, 0.2) is 36.4 Å². The lowest BCUT2D eigenvalue weighted by Crippen LogP contribution is -2.63. The van der Waals surface area contributed by atoms with Crippen molar-refractivity contribution in [1.82, 2.24) is 5.32 Å². The molecule has 4 rings (SSSR count). The third kappa shape index (κ3) is 3.02. The van der Waals surface area contributed by atoms with E-state index in [4.69, 9.17) is 5.41 Å². The van der Waals surface area contributed by atoms with Crippen molar-refractivity contribution in [2.75, 3.05) is 5.75 Å². The number of alkyl halides is 3. The van der Waals surface area contributed by atoms with Crippen molar-refractivity contribution in [2.45, 2.75) is 37.2 Å². The summed E-state index contributed by atoms with van der Waals surface area (Å²) in [6.07, 6.45) is -4.44. The van der Waals surface area contributed by atoms with E-state index < -0.39 is 31.9 Å². The van der Waals surface area contributed by atoms with E-state index in [2.05, 4.69) is 5.32 Å². The highest BCUT2D eigenvalue weighted by Crippen LogP contribution is 2.41. The number of benzene rings is 2. The van der Waals surface area contributed by atoms with Gasteiger partial charge in [-0.25, -0.2) is 8.42 Å². The summed E-state index contributed by atoms with van der Waals surface area (Å²) in [6.45, 7) is 4.68. The standard InChI is InChI=1S/C20H19F3N2O2S2/c1-18(2)17(24)25-19(3,10-29(18,26)27)11-4-6-15-13(8-11)14-9-12(20(21,22)23)5-7-16(14)28-15/h4-9H,10H2,1-3H3,(H2,24,25)/t19-/m0/s1. The molecule has 2 N–H and O–H groups in total. The van der Waals surface area contributed by atoms with Gasteiger partial charge in [0.2, 0.25) is 0 Å². The molecule has 9 heteroatoms. The smallest absolute Gasteiger partial charge is 0.362 e. The molecule has 0 radical (unpaired) electrons. The van der Waals surface area contributed by atoms with E-state index in [9.17, 15) is 21.6 Å². The fraction of sp³-hybridized carbons (Fsp3) is 0.350. The number of halogens is 3. The predicted octanol–water partition coefficient (Wildman–Crippen LogP) is 5.06. The molecule has 1 fully saturated rings. The molecule has 1 aromatic heterocycles. The Hall–Kier alpha value is -2.13. The molecule has 0 unspecified atom stereocenters. The monoisotopic (exact) mass is 440 g/mol. The predicted molar refractivity (Wildman–Crippen MR) is 110 cm³/mol. The molecule has 1 aliphatic rings. The van der Waals surface area contributed by atoms with Crippen LogP contribution in [-0.2, 0) is 21.6 Å². The minimum absolute atomic E-state index is 0.0964. The third-order valence-electron chi connectivity index (χ3n) is 5.69. The first-order valence-corrected chi connectivity index (χ1v) is 11.3. The van der Waals surface area contributed by atoms with Gasteiger partial charge in [0.15, 0.2) is 9.84 Å². The molecule has 0 saturated carbocycles. The zero-order valence-corrected chi connectivity index (χ0v) is 17.6. The highest BCUT2D eigenvalue weighted by molar-refractivity contribution is 7.93. The van der Waals surface area contributed by atoms with Crippen molar-refractivity contribution in [2.24, 2.45) is 0 Å². The zero-order chi connectivity index (χ0) is 21.4. The average molecular weight is 441 g/mol. The highest BCUT2D eigenvalue weighted by atomic mass is 32.2. The van der Waals surface area contributed by atoms with Crippen molar-refractivity contribution in [1.29, 1.82) is 5.41 Å². The van der Waals surface area contributed by atoms with Gasteiger partial charge in [0, 0.05) is 20.2 Å². The molecule has 2 aromatic carbocycles. The first-order chi connectivity index (χ1) is 13.2. The first kappa shape index (κ1) is 20.2. The number of nitrogens with one attached hydrogen (secondary N) is 2. The maximum absolute atomic E-state index is 13.2. The second-order valence-corrected chi connectivity index (χ2v) is 11.7. The van der Waals surface area contributed by atoms with Gasteiger partial charge in [0.25, 0.3) is 0 Å². The van der Waals surface area contributed by atoms with E-state index in [1.807, 2.05) is 0 Å². The van der Waals surface area contributed by atoms with Crippen LogP contribution >= 0.6 is 11.3 Å². The maximum Gasteiger partial charge on any atom is 0.416 e. The Labute approximate surface area is 170 Å². The quantitative estimate of drug-likeness (QED) is 0.556. The Bertz CT molecular complexity index is 1280. The molecular weight excluding hydrogens is 421 g/mol. The molecule has 0 aliphatic carbocycles. The number of fused-ring (bicyclic) bond motifs is 3. The summed E-state index contributed by atoms with van der Waals surface area (Å²) in [5.41, 5.74) is -1.15.